The van der Waals surface area contributed by atoms with Crippen LogP contribution >= 0.6 is 0 Å². The molecular weight excluding hydrogens is 222 g/mol. The number of aromatic nitrogens is 1. The van der Waals surface area contributed by atoms with E-state index in [1.54, 1.807) is 0 Å². The predicted molar refractivity (Wildman–Crippen MR) is 79.0 cm³/mol. The van der Waals surface area contributed by atoms with Crippen LogP contribution in [0.1, 0.15) is 39.7 Å². The Morgan fingerprint density at radius 2 is 2.11 bits per heavy atom. The fourth-order valence-corrected chi connectivity index (χ4v) is 1.98. The molecule has 0 aliphatic heterocycles. The third-order valence-electron chi connectivity index (χ3n) is 3.34. The van der Waals surface area contributed by atoms with Crippen molar-refractivity contribution in [3.05, 3.63) is 23.9 Å². The molecular formula is C15H27N3. The lowest BCUT2D eigenvalue weighted by Gasteiger charge is -2.27. The Morgan fingerprint density at radius 1 is 1.33 bits per heavy atom. The van der Waals surface area contributed by atoms with Crippen LogP contribution in [0.3, 0.4) is 0 Å². The zero-order valence-electron chi connectivity index (χ0n) is 12.2. The molecule has 3 nitrogen and oxygen atoms in total. The van der Waals surface area contributed by atoms with Crippen LogP contribution in [0.5, 0.6) is 0 Å². The quantitative estimate of drug-likeness (QED) is 0.767. The molecule has 0 aliphatic rings. The van der Waals surface area contributed by atoms with E-state index in [-0.39, 0.29) is 0 Å². The zero-order chi connectivity index (χ0) is 13.4. The van der Waals surface area contributed by atoms with Crippen LogP contribution in [0.15, 0.2) is 18.3 Å². The lowest BCUT2D eigenvalue weighted by atomic mass is 10.1. The van der Waals surface area contributed by atoms with Crippen LogP contribution in [-0.2, 0) is 6.54 Å². The smallest absolute Gasteiger partial charge is 0.133 e. The number of hydrogen-bond donors (Lipinski definition) is 1. The fraction of sp³-hybridized carbons (Fsp3) is 0.667. The Hall–Kier alpha value is -1.09. The average molecular weight is 249 g/mol. The van der Waals surface area contributed by atoms with Crippen molar-refractivity contribution in [2.45, 2.75) is 40.7 Å². The summed E-state index contributed by atoms with van der Waals surface area (Å²) >= 11 is 0. The number of hydrogen-bond acceptors (Lipinski definition) is 3. The Bertz CT molecular complexity index is 338. The SMILES string of the molecule is CCNCc1cccnc1N(CC)CC(C)CC. The van der Waals surface area contributed by atoms with Crippen molar-refractivity contribution in [3.8, 4) is 0 Å². The van der Waals surface area contributed by atoms with E-state index in [1.807, 2.05) is 12.3 Å². The van der Waals surface area contributed by atoms with Crippen molar-refractivity contribution in [3.63, 3.8) is 0 Å². The van der Waals surface area contributed by atoms with Crippen LogP contribution in [0.2, 0.25) is 0 Å². The first-order chi connectivity index (χ1) is 8.72. The molecule has 0 saturated heterocycles. The lowest BCUT2D eigenvalue weighted by Crippen LogP contribution is -2.30. The fourth-order valence-electron chi connectivity index (χ4n) is 1.98. The molecule has 102 valence electrons. The van der Waals surface area contributed by atoms with Crippen LogP contribution in [0.4, 0.5) is 5.82 Å². The second kappa shape index (κ2) is 8.09. The molecule has 1 heterocycles. The maximum Gasteiger partial charge on any atom is 0.133 e. The summed E-state index contributed by atoms with van der Waals surface area (Å²) in [4.78, 5) is 6.97. The first-order valence-electron chi connectivity index (χ1n) is 7.12. The third-order valence-corrected chi connectivity index (χ3v) is 3.34. The van der Waals surface area contributed by atoms with E-state index >= 15 is 0 Å². The minimum atomic E-state index is 0.707. The highest BCUT2D eigenvalue weighted by Crippen LogP contribution is 2.19. The van der Waals surface area contributed by atoms with Crippen molar-refractivity contribution in [2.24, 2.45) is 5.92 Å². The number of nitrogens with zero attached hydrogens (tertiary/aromatic N) is 2. The monoisotopic (exact) mass is 249 g/mol. The molecule has 18 heavy (non-hydrogen) atoms. The van der Waals surface area contributed by atoms with Gasteiger partial charge < -0.3 is 10.2 Å². The van der Waals surface area contributed by atoms with Gasteiger partial charge in [-0.2, -0.15) is 0 Å². The minimum absolute atomic E-state index is 0.707. The van der Waals surface area contributed by atoms with Gasteiger partial charge in [-0.05, 0) is 25.5 Å². The lowest BCUT2D eigenvalue weighted by molar-refractivity contribution is 0.544. The molecule has 1 rings (SSSR count). The van der Waals surface area contributed by atoms with Gasteiger partial charge in [0.25, 0.3) is 0 Å². The highest BCUT2D eigenvalue weighted by Gasteiger charge is 2.12. The van der Waals surface area contributed by atoms with E-state index in [2.05, 4.69) is 49.0 Å². The Morgan fingerprint density at radius 3 is 2.72 bits per heavy atom. The predicted octanol–water partition coefficient (Wildman–Crippen LogP) is 3.06. The molecule has 0 amide bonds. The van der Waals surface area contributed by atoms with Gasteiger partial charge >= 0.3 is 0 Å². The largest absolute Gasteiger partial charge is 0.356 e. The molecule has 1 unspecified atom stereocenters. The van der Waals surface area contributed by atoms with Crippen molar-refractivity contribution >= 4 is 5.82 Å². The minimum Gasteiger partial charge on any atom is -0.356 e. The molecule has 1 atom stereocenters. The van der Waals surface area contributed by atoms with Gasteiger partial charge in [0.05, 0.1) is 0 Å². The molecule has 0 aliphatic carbocycles. The van der Waals surface area contributed by atoms with Gasteiger partial charge in [-0.15, -0.1) is 0 Å². The number of rotatable bonds is 8. The summed E-state index contributed by atoms with van der Waals surface area (Å²) in [7, 11) is 0. The molecule has 0 bridgehead atoms. The Balaban J connectivity index is 2.83. The van der Waals surface area contributed by atoms with Crippen molar-refractivity contribution in [1.82, 2.24) is 10.3 Å². The standard InChI is InChI=1S/C15H27N3/c1-5-13(4)12-18(7-3)15-14(11-16-6-2)9-8-10-17-15/h8-10,13,16H,5-7,11-12H2,1-4H3. The van der Waals surface area contributed by atoms with E-state index in [1.165, 1.54) is 12.0 Å². The van der Waals surface area contributed by atoms with Crippen LogP contribution in [-0.4, -0.2) is 24.6 Å². The van der Waals surface area contributed by atoms with Crippen molar-refractivity contribution in [1.29, 1.82) is 0 Å². The van der Waals surface area contributed by atoms with Gasteiger partial charge in [-0.25, -0.2) is 4.98 Å². The first-order valence-corrected chi connectivity index (χ1v) is 7.12. The zero-order valence-corrected chi connectivity index (χ0v) is 12.2. The summed E-state index contributed by atoms with van der Waals surface area (Å²) in [5.41, 5.74) is 1.30. The molecule has 1 aromatic heterocycles. The molecule has 0 spiro atoms. The van der Waals surface area contributed by atoms with Crippen LogP contribution in [0.25, 0.3) is 0 Å². The van der Waals surface area contributed by atoms with E-state index in [4.69, 9.17) is 0 Å². The van der Waals surface area contributed by atoms with Gasteiger partial charge in [-0.1, -0.05) is 33.3 Å². The molecule has 3 heteroatoms. The molecule has 1 aromatic rings. The van der Waals surface area contributed by atoms with Crippen LogP contribution < -0.4 is 10.2 Å². The second-order valence-corrected chi connectivity index (χ2v) is 4.82. The molecule has 0 radical (unpaired) electrons. The van der Waals surface area contributed by atoms with Gasteiger partial charge in [-0.3, -0.25) is 0 Å². The van der Waals surface area contributed by atoms with Gasteiger partial charge in [0, 0.05) is 31.4 Å². The summed E-state index contributed by atoms with van der Waals surface area (Å²) in [5.74, 6) is 1.85. The topological polar surface area (TPSA) is 28.2 Å². The van der Waals surface area contributed by atoms with Gasteiger partial charge in [0.1, 0.15) is 5.82 Å². The average Bonchev–Trinajstić information content (AvgIpc) is 2.42. The van der Waals surface area contributed by atoms with Crippen LogP contribution in [0, 0.1) is 5.92 Å². The number of anilines is 1. The highest BCUT2D eigenvalue weighted by atomic mass is 15.2. The van der Waals surface area contributed by atoms with Crippen molar-refractivity contribution < 1.29 is 0 Å². The Kier molecular flexibility index (Phi) is 6.73. The molecule has 0 aromatic carbocycles. The number of nitrogens with one attached hydrogen (secondary N) is 1. The van der Waals surface area contributed by atoms with Gasteiger partial charge in [0.15, 0.2) is 0 Å². The maximum atomic E-state index is 4.58. The number of pyridine rings is 1. The van der Waals surface area contributed by atoms with E-state index in [0.29, 0.717) is 5.92 Å². The highest BCUT2D eigenvalue weighted by molar-refractivity contribution is 5.46. The maximum absolute atomic E-state index is 4.58. The summed E-state index contributed by atoms with van der Waals surface area (Å²) in [6.45, 7) is 12.9. The first kappa shape index (κ1) is 15.0. The molecule has 0 fully saturated rings. The van der Waals surface area contributed by atoms with E-state index in [0.717, 1.165) is 32.0 Å². The summed E-state index contributed by atoms with van der Waals surface area (Å²) < 4.78 is 0. The van der Waals surface area contributed by atoms with Gasteiger partial charge in [0.2, 0.25) is 0 Å². The second-order valence-electron chi connectivity index (χ2n) is 4.82. The summed E-state index contributed by atoms with van der Waals surface area (Å²) in [6, 6.07) is 4.19. The van der Waals surface area contributed by atoms with E-state index in [9.17, 15) is 0 Å². The van der Waals surface area contributed by atoms with E-state index < -0.39 is 0 Å². The van der Waals surface area contributed by atoms with Crippen molar-refractivity contribution in [2.75, 3.05) is 24.5 Å². The summed E-state index contributed by atoms with van der Waals surface area (Å²) in [5, 5.41) is 3.38. The molecule has 0 saturated carbocycles. The third kappa shape index (κ3) is 4.30. The Labute approximate surface area is 112 Å². The molecule has 1 N–H and O–H groups in total. The normalized spacial score (nSPS) is 12.4. The summed E-state index contributed by atoms with van der Waals surface area (Å²) in [6.07, 6.45) is 3.11.